The van der Waals surface area contributed by atoms with Crippen molar-refractivity contribution >= 4 is 17.4 Å². The average Bonchev–Trinajstić information content (AvgIpc) is 2.78. The first-order valence-corrected chi connectivity index (χ1v) is 10.5. The van der Waals surface area contributed by atoms with Gasteiger partial charge in [0.1, 0.15) is 12.0 Å². The lowest BCUT2D eigenvalue weighted by Gasteiger charge is -2.32. The van der Waals surface area contributed by atoms with Gasteiger partial charge in [0.2, 0.25) is 11.8 Å². The topological polar surface area (TPSA) is 123 Å². The summed E-state index contributed by atoms with van der Waals surface area (Å²) in [5, 5.41) is 16.7. The Morgan fingerprint density at radius 3 is 2.94 bits per heavy atom. The Hall–Kier alpha value is -3.27. The maximum Gasteiger partial charge on any atom is 0.287 e. The summed E-state index contributed by atoms with van der Waals surface area (Å²) in [5.74, 6) is 1.17. The van der Waals surface area contributed by atoms with Gasteiger partial charge in [0, 0.05) is 44.0 Å². The van der Waals surface area contributed by atoms with E-state index in [-0.39, 0.29) is 17.5 Å². The van der Waals surface area contributed by atoms with Crippen molar-refractivity contribution in [2.45, 2.75) is 26.3 Å². The van der Waals surface area contributed by atoms with Crippen molar-refractivity contribution in [2.24, 2.45) is 5.92 Å². The van der Waals surface area contributed by atoms with Gasteiger partial charge in [-0.15, -0.1) is 0 Å². The standard InChI is InChI=1S/C21H28N6O4/c1-2-31-21-17(5-3-9-24-21)15-26-12-4-6-16(14-26)20(28)23-11-10-22-19-8-7-18(13-25-19)27(29)30/h3,5,7-9,13,16H,2,4,6,10-12,14-15H2,1H3,(H,22,25)(H,23,28). The number of aromatic nitrogens is 2. The number of hydrogen-bond acceptors (Lipinski definition) is 8. The fraction of sp³-hybridized carbons (Fsp3) is 0.476. The summed E-state index contributed by atoms with van der Waals surface area (Å²) in [4.78, 5) is 33.3. The van der Waals surface area contributed by atoms with Crippen molar-refractivity contribution < 1.29 is 14.5 Å². The molecule has 2 aromatic heterocycles. The molecule has 1 aliphatic heterocycles. The quantitative estimate of drug-likeness (QED) is 0.336. The molecule has 2 N–H and O–H groups in total. The molecule has 1 unspecified atom stereocenters. The van der Waals surface area contributed by atoms with E-state index in [1.165, 1.54) is 12.3 Å². The number of amides is 1. The maximum atomic E-state index is 12.6. The van der Waals surface area contributed by atoms with Crippen LogP contribution in [-0.4, -0.2) is 58.5 Å². The van der Waals surface area contributed by atoms with Gasteiger partial charge in [0.05, 0.1) is 17.4 Å². The number of hydrogen-bond donors (Lipinski definition) is 2. The van der Waals surface area contributed by atoms with Gasteiger partial charge in [-0.2, -0.15) is 0 Å². The third kappa shape index (κ3) is 6.61. The number of pyridine rings is 2. The summed E-state index contributed by atoms with van der Waals surface area (Å²) in [7, 11) is 0. The summed E-state index contributed by atoms with van der Waals surface area (Å²) < 4.78 is 5.61. The molecule has 1 saturated heterocycles. The van der Waals surface area contributed by atoms with Crippen LogP contribution in [0.1, 0.15) is 25.3 Å². The van der Waals surface area contributed by atoms with E-state index in [0.29, 0.717) is 44.5 Å². The number of carbonyl (C=O) groups is 1. The number of likely N-dealkylation sites (tertiary alicyclic amines) is 1. The fourth-order valence-electron chi connectivity index (χ4n) is 3.58. The number of piperidine rings is 1. The number of rotatable bonds is 10. The van der Waals surface area contributed by atoms with Crippen molar-refractivity contribution in [1.82, 2.24) is 20.2 Å². The van der Waals surface area contributed by atoms with Crippen LogP contribution < -0.4 is 15.4 Å². The molecule has 166 valence electrons. The molecule has 0 radical (unpaired) electrons. The number of ether oxygens (including phenoxy) is 1. The molecule has 3 rings (SSSR count). The van der Waals surface area contributed by atoms with Crippen LogP contribution in [0.2, 0.25) is 0 Å². The highest BCUT2D eigenvalue weighted by molar-refractivity contribution is 5.79. The van der Waals surface area contributed by atoms with Crippen LogP contribution in [0.25, 0.3) is 0 Å². The van der Waals surface area contributed by atoms with Gasteiger partial charge in [0.15, 0.2) is 0 Å². The van der Waals surface area contributed by atoms with Crippen molar-refractivity contribution in [2.75, 3.05) is 38.1 Å². The van der Waals surface area contributed by atoms with Crippen LogP contribution in [0.15, 0.2) is 36.7 Å². The minimum Gasteiger partial charge on any atom is -0.478 e. The second kappa shape index (κ2) is 11.2. The summed E-state index contributed by atoms with van der Waals surface area (Å²) in [5.41, 5.74) is 0.977. The molecular formula is C21H28N6O4. The summed E-state index contributed by atoms with van der Waals surface area (Å²) in [6.45, 7) is 5.79. The SMILES string of the molecule is CCOc1ncccc1CN1CCCC(C(=O)NCCNc2ccc([N+](=O)[O-])cn2)C1. The lowest BCUT2D eigenvalue weighted by molar-refractivity contribution is -0.385. The van der Waals surface area contributed by atoms with E-state index in [9.17, 15) is 14.9 Å². The van der Waals surface area contributed by atoms with Crippen LogP contribution >= 0.6 is 0 Å². The van der Waals surface area contributed by atoms with E-state index < -0.39 is 4.92 Å². The third-order valence-electron chi connectivity index (χ3n) is 5.09. The average molecular weight is 428 g/mol. The van der Waals surface area contributed by atoms with E-state index in [1.54, 1.807) is 12.3 Å². The molecule has 0 aliphatic carbocycles. The number of nitro groups is 1. The smallest absolute Gasteiger partial charge is 0.287 e. The molecular weight excluding hydrogens is 400 g/mol. The Kier molecular flexibility index (Phi) is 8.11. The molecule has 10 nitrogen and oxygen atoms in total. The van der Waals surface area contributed by atoms with Crippen LogP contribution in [0.4, 0.5) is 11.5 Å². The molecule has 1 aliphatic rings. The van der Waals surface area contributed by atoms with Gasteiger partial charge >= 0.3 is 0 Å². The minimum atomic E-state index is -0.490. The Morgan fingerprint density at radius 1 is 1.32 bits per heavy atom. The second-order valence-corrected chi connectivity index (χ2v) is 7.35. The molecule has 0 spiro atoms. The summed E-state index contributed by atoms with van der Waals surface area (Å²) in [6, 6.07) is 6.86. The van der Waals surface area contributed by atoms with E-state index in [1.807, 2.05) is 19.1 Å². The van der Waals surface area contributed by atoms with Gasteiger partial charge in [-0.1, -0.05) is 6.07 Å². The predicted molar refractivity (Wildman–Crippen MR) is 116 cm³/mol. The Bertz CT molecular complexity index is 876. The summed E-state index contributed by atoms with van der Waals surface area (Å²) in [6.07, 6.45) is 4.76. The van der Waals surface area contributed by atoms with E-state index in [2.05, 4.69) is 25.5 Å². The van der Waals surface area contributed by atoms with E-state index in [4.69, 9.17) is 4.74 Å². The normalized spacial score (nSPS) is 16.5. The number of nitrogens with zero attached hydrogens (tertiary/aromatic N) is 4. The molecule has 1 fully saturated rings. The number of anilines is 1. The first-order valence-electron chi connectivity index (χ1n) is 10.5. The lowest BCUT2D eigenvalue weighted by Crippen LogP contribution is -2.43. The van der Waals surface area contributed by atoms with Gasteiger partial charge in [-0.25, -0.2) is 9.97 Å². The van der Waals surface area contributed by atoms with E-state index in [0.717, 1.165) is 24.9 Å². The van der Waals surface area contributed by atoms with Crippen LogP contribution in [0.3, 0.4) is 0 Å². The molecule has 10 heteroatoms. The zero-order chi connectivity index (χ0) is 22.1. The van der Waals surface area contributed by atoms with Crippen LogP contribution in [0.5, 0.6) is 5.88 Å². The zero-order valence-electron chi connectivity index (χ0n) is 17.6. The number of carbonyl (C=O) groups excluding carboxylic acids is 1. The maximum absolute atomic E-state index is 12.6. The van der Waals surface area contributed by atoms with Gasteiger partial charge < -0.3 is 15.4 Å². The highest BCUT2D eigenvalue weighted by atomic mass is 16.6. The monoisotopic (exact) mass is 428 g/mol. The van der Waals surface area contributed by atoms with Crippen molar-refractivity contribution in [1.29, 1.82) is 0 Å². The van der Waals surface area contributed by atoms with Gasteiger partial charge in [-0.05, 0) is 38.4 Å². The molecule has 31 heavy (non-hydrogen) atoms. The highest BCUT2D eigenvalue weighted by Gasteiger charge is 2.26. The minimum absolute atomic E-state index is 0.0411. The summed E-state index contributed by atoms with van der Waals surface area (Å²) >= 11 is 0. The first kappa shape index (κ1) is 22.4. The van der Waals surface area contributed by atoms with Crippen LogP contribution in [-0.2, 0) is 11.3 Å². The molecule has 3 heterocycles. The van der Waals surface area contributed by atoms with Crippen molar-refractivity contribution in [3.8, 4) is 5.88 Å². The molecule has 1 atom stereocenters. The second-order valence-electron chi connectivity index (χ2n) is 7.35. The Labute approximate surface area is 181 Å². The predicted octanol–water partition coefficient (Wildman–Crippen LogP) is 2.22. The van der Waals surface area contributed by atoms with Gasteiger partial charge in [0.25, 0.3) is 5.69 Å². The fourth-order valence-corrected chi connectivity index (χ4v) is 3.58. The first-order chi connectivity index (χ1) is 15.1. The number of nitrogens with one attached hydrogen (secondary N) is 2. The third-order valence-corrected chi connectivity index (χ3v) is 5.09. The Morgan fingerprint density at radius 2 is 2.19 bits per heavy atom. The molecule has 2 aromatic rings. The largest absolute Gasteiger partial charge is 0.478 e. The molecule has 0 saturated carbocycles. The molecule has 0 aromatic carbocycles. The van der Waals surface area contributed by atoms with Crippen LogP contribution in [0, 0.1) is 16.0 Å². The Balaban J connectivity index is 1.42. The highest BCUT2D eigenvalue weighted by Crippen LogP contribution is 2.22. The molecule has 1 amide bonds. The lowest BCUT2D eigenvalue weighted by atomic mass is 9.96. The van der Waals surface area contributed by atoms with Crippen molar-refractivity contribution in [3.63, 3.8) is 0 Å². The van der Waals surface area contributed by atoms with Gasteiger partial charge in [-0.3, -0.25) is 19.8 Å². The molecule has 0 bridgehead atoms. The van der Waals surface area contributed by atoms with E-state index >= 15 is 0 Å². The van der Waals surface area contributed by atoms with Crippen molar-refractivity contribution in [3.05, 3.63) is 52.3 Å². The zero-order valence-corrected chi connectivity index (χ0v) is 17.6.